The van der Waals surface area contributed by atoms with Gasteiger partial charge in [0.15, 0.2) is 0 Å². The van der Waals surface area contributed by atoms with Crippen molar-refractivity contribution in [2.75, 3.05) is 38.6 Å². The maximum Gasteiger partial charge on any atom is 0.408 e. The number of hydrogen-bond acceptors (Lipinski definition) is 10. The number of morpholine rings is 1. The second-order valence-electron chi connectivity index (χ2n) is 11.5. The van der Waals surface area contributed by atoms with E-state index >= 15 is 0 Å². The monoisotopic (exact) mass is 553 g/mol. The first kappa shape index (κ1) is 30.4. The normalized spacial score (nSPS) is 19.1. The molecule has 1 atom stereocenters. The number of nitrogens with one attached hydrogen (secondary N) is 2. The summed E-state index contributed by atoms with van der Waals surface area (Å²) in [6.45, 7) is 13.4. The third-order valence-corrected chi connectivity index (χ3v) is 7.36. The fourth-order valence-corrected chi connectivity index (χ4v) is 5.43. The van der Waals surface area contributed by atoms with E-state index in [0.29, 0.717) is 24.5 Å². The molecule has 1 unspecified atom stereocenters. The first-order valence-electron chi connectivity index (χ1n) is 13.6. The smallest absolute Gasteiger partial charge is 0.408 e. The number of ether oxygens (including phenoxy) is 2. The quantitative estimate of drug-likeness (QED) is 0.310. The number of alkyl carbamates (subject to hydrolysis) is 1. The first-order valence-corrected chi connectivity index (χ1v) is 14.6. The number of aromatic nitrogens is 2. The molecule has 12 heteroatoms. The molecule has 3 rings (SSSR count). The molecular weight excluding hydrogens is 510 g/mol. The summed E-state index contributed by atoms with van der Waals surface area (Å²) in [5.41, 5.74) is -1.83. The van der Waals surface area contributed by atoms with Gasteiger partial charge in [-0.25, -0.2) is 4.79 Å². The van der Waals surface area contributed by atoms with Gasteiger partial charge in [-0.15, -0.1) is 10.2 Å². The summed E-state index contributed by atoms with van der Waals surface area (Å²) in [6.07, 6.45) is 3.27. The first-order chi connectivity index (χ1) is 18.0. The van der Waals surface area contributed by atoms with Gasteiger partial charge in [-0.05, 0) is 46.0 Å². The number of hydrogen-bond donors (Lipinski definition) is 2. The lowest BCUT2D eigenvalue weighted by Crippen LogP contribution is -2.62. The molecule has 1 aliphatic heterocycles. The predicted octanol–water partition coefficient (Wildman–Crippen LogP) is 3.44. The Hall–Kier alpha value is -2.18. The van der Waals surface area contributed by atoms with Crippen LogP contribution in [0.1, 0.15) is 83.8 Å². The van der Waals surface area contributed by atoms with Crippen LogP contribution < -0.4 is 10.6 Å². The molecule has 0 radical (unpaired) electrons. The molecular formula is C26H43N5O6S. The minimum atomic E-state index is -1.13. The van der Waals surface area contributed by atoms with Gasteiger partial charge in [0.05, 0.1) is 19.3 Å². The van der Waals surface area contributed by atoms with Crippen LogP contribution in [-0.2, 0) is 14.3 Å². The van der Waals surface area contributed by atoms with Crippen molar-refractivity contribution in [2.24, 2.45) is 5.92 Å². The Balaban J connectivity index is 1.66. The van der Waals surface area contributed by atoms with E-state index < -0.39 is 29.1 Å². The molecule has 1 aromatic heterocycles. The number of nitrogens with zero attached hydrogens (tertiary/aromatic N) is 3. The molecule has 1 saturated carbocycles. The number of carbonyl (C=O) groups is 3. The zero-order chi connectivity index (χ0) is 27.8. The van der Waals surface area contributed by atoms with Crippen LogP contribution in [0.3, 0.4) is 0 Å². The lowest BCUT2D eigenvalue weighted by Gasteiger charge is -2.38. The van der Waals surface area contributed by atoms with Gasteiger partial charge < -0.3 is 24.5 Å². The van der Waals surface area contributed by atoms with Crippen molar-refractivity contribution in [1.82, 2.24) is 25.7 Å². The number of ketones is 1. The van der Waals surface area contributed by atoms with E-state index in [9.17, 15) is 14.4 Å². The fourth-order valence-electron chi connectivity index (χ4n) is 4.67. The predicted molar refractivity (Wildman–Crippen MR) is 143 cm³/mol. The maximum atomic E-state index is 13.6. The Bertz CT molecular complexity index is 935. The standard InChI is InChI=1S/C26H43N5O6S/c1-18(2)17-19(20(32)21-29-30-24(36-21)38-16-13-31-11-14-35-15-12-31)27-22(33)26(9-7-6-8-10-26)28-23(34)37-25(3,4)5/h18-19H,6-17H2,1-5H3,(H,27,33)(H,28,34). The Morgan fingerprint density at radius 2 is 1.79 bits per heavy atom. The molecule has 1 aliphatic carbocycles. The van der Waals surface area contributed by atoms with Gasteiger partial charge >= 0.3 is 6.09 Å². The van der Waals surface area contributed by atoms with Crippen molar-refractivity contribution in [2.45, 2.75) is 95.5 Å². The van der Waals surface area contributed by atoms with Crippen molar-refractivity contribution >= 4 is 29.5 Å². The number of rotatable bonds is 11. The molecule has 2 fully saturated rings. The van der Waals surface area contributed by atoms with E-state index in [2.05, 4.69) is 25.7 Å². The lowest BCUT2D eigenvalue weighted by atomic mass is 9.80. The molecule has 0 spiro atoms. The van der Waals surface area contributed by atoms with Gasteiger partial charge in [-0.3, -0.25) is 14.5 Å². The van der Waals surface area contributed by atoms with Gasteiger partial charge in [-0.1, -0.05) is 44.9 Å². The largest absolute Gasteiger partial charge is 0.444 e. The highest BCUT2D eigenvalue weighted by Gasteiger charge is 2.43. The highest BCUT2D eigenvalue weighted by Crippen LogP contribution is 2.30. The van der Waals surface area contributed by atoms with Crippen molar-refractivity contribution < 1.29 is 28.3 Å². The summed E-state index contributed by atoms with van der Waals surface area (Å²) in [5, 5.41) is 14.1. The summed E-state index contributed by atoms with van der Waals surface area (Å²) < 4.78 is 16.5. The molecule has 0 aromatic carbocycles. The van der Waals surface area contributed by atoms with E-state index in [-0.39, 0.29) is 17.7 Å². The highest BCUT2D eigenvalue weighted by molar-refractivity contribution is 7.99. The van der Waals surface area contributed by atoms with Crippen LogP contribution >= 0.6 is 11.8 Å². The molecule has 0 bridgehead atoms. The number of Topliss-reactive ketones (excluding diaryl/α,β-unsaturated/α-hetero) is 1. The van der Waals surface area contributed by atoms with Crippen molar-refractivity contribution in [3.05, 3.63) is 5.89 Å². The van der Waals surface area contributed by atoms with E-state index in [4.69, 9.17) is 13.9 Å². The summed E-state index contributed by atoms with van der Waals surface area (Å²) in [6, 6.07) is -0.853. The van der Waals surface area contributed by atoms with Gasteiger partial charge in [0.1, 0.15) is 11.1 Å². The van der Waals surface area contributed by atoms with Crippen molar-refractivity contribution in [3.63, 3.8) is 0 Å². The third-order valence-electron chi connectivity index (χ3n) is 6.56. The molecule has 1 aromatic rings. The van der Waals surface area contributed by atoms with Crippen LogP contribution in [0.15, 0.2) is 9.64 Å². The van der Waals surface area contributed by atoms with Crippen LogP contribution in [0.25, 0.3) is 0 Å². The molecule has 2 amide bonds. The maximum absolute atomic E-state index is 13.6. The summed E-state index contributed by atoms with van der Waals surface area (Å²) >= 11 is 1.40. The molecule has 11 nitrogen and oxygen atoms in total. The lowest BCUT2D eigenvalue weighted by molar-refractivity contribution is -0.129. The summed E-state index contributed by atoms with van der Waals surface area (Å²) in [7, 11) is 0. The topological polar surface area (TPSA) is 136 Å². The molecule has 2 heterocycles. The van der Waals surface area contributed by atoms with Crippen LogP contribution in [0.2, 0.25) is 0 Å². The van der Waals surface area contributed by atoms with Crippen LogP contribution in [0, 0.1) is 5.92 Å². The Kier molecular flexibility index (Phi) is 11.0. The highest BCUT2D eigenvalue weighted by atomic mass is 32.2. The molecule has 2 N–H and O–H groups in total. The van der Waals surface area contributed by atoms with Gasteiger partial charge in [0.25, 0.3) is 11.1 Å². The van der Waals surface area contributed by atoms with Crippen LogP contribution in [0.4, 0.5) is 4.79 Å². The van der Waals surface area contributed by atoms with E-state index in [1.54, 1.807) is 20.8 Å². The zero-order valence-electron chi connectivity index (χ0n) is 23.3. The average molecular weight is 554 g/mol. The van der Waals surface area contributed by atoms with Crippen LogP contribution in [0.5, 0.6) is 0 Å². The summed E-state index contributed by atoms with van der Waals surface area (Å²) in [5.74, 6) is -0.0660. The van der Waals surface area contributed by atoms with Crippen LogP contribution in [-0.4, -0.2) is 88.7 Å². The Morgan fingerprint density at radius 3 is 2.42 bits per heavy atom. The Labute approximate surface area is 229 Å². The second-order valence-corrected chi connectivity index (χ2v) is 12.5. The van der Waals surface area contributed by atoms with E-state index in [1.807, 2.05) is 13.8 Å². The number of thioether (sulfide) groups is 1. The van der Waals surface area contributed by atoms with E-state index in [1.165, 1.54) is 11.8 Å². The molecule has 38 heavy (non-hydrogen) atoms. The summed E-state index contributed by atoms with van der Waals surface area (Å²) in [4.78, 5) is 41.9. The molecule has 214 valence electrons. The minimum absolute atomic E-state index is 0.121. The fraction of sp³-hybridized carbons (Fsp3) is 0.808. The number of amides is 2. The van der Waals surface area contributed by atoms with Gasteiger partial charge in [0, 0.05) is 25.4 Å². The SMILES string of the molecule is CC(C)CC(NC(=O)C1(NC(=O)OC(C)(C)C)CCCCC1)C(=O)c1nnc(SCCN2CCOCC2)o1. The zero-order valence-corrected chi connectivity index (χ0v) is 24.2. The average Bonchev–Trinajstić information content (AvgIpc) is 3.31. The molecule has 1 saturated heterocycles. The number of carbonyl (C=O) groups excluding carboxylic acids is 3. The Morgan fingerprint density at radius 1 is 1.11 bits per heavy atom. The molecule has 2 aliphatic rings. The minimum Gasteiger partial charge on any atom is -0.444 e. The van der Waals surface area contributed by atoms with Gasteiger partial charge in [0.2, 0.25) is 11.7 Å². The van der Waals surface area contributed by atoms with Gasteiger partial charge in [-0.2, -0.15) is 0 Å². The van der Waals surface area contributed by atoms with Crippen molar-refractivity contribution in [1.29, 1.82) is 0 Å². The van der Waals surface area contributed by atoms with Crippen molar-refractivity contribution in [3.8, 4) is 0 Å². The third kappa shape index (κ3) is 9.23. The van der Waals surface area contributed by atoms with E-state index in [0.717, 1.165) is 57.9 Å². The second kappa shape index (κ2) is 13.7.